The number of nitrogens with one attached hydrogen (secondary N) is 1. The first kappa shape index (κ1) is 21.8. The van der Waals surface area contributed by atoms with Crippen molar-refractivity contribution >= 4 is 29.3 Å². The minimum Gasteiger partial charge on any atom is -0.366 e. The number of primary amides is 1. The van der Waals surface area contributed by atoms with E-state index < -0.39 is 10.8 Å². The molecule has 3 N–H and O–H groups in total. The number of carbonyl (C=O) groups is 2. The molecule has 1 aliphatic rings. The number of carbonyl (C=O) groups excluding carboxylic acids is 2. The van der Waals surface area contributed by atoms with E-state index >= 15 is 0 Å². The molecule has 0 unspecified atom stereocenters. The zero-order chi connectivity index (χ0) is 21.7. The standard InChI is InChI=1S/C22H25N3O4S/c1-15-5-4-6-17(11-15)22(9-2-3-10-22)14-24-20(26)13-30-19-8-7-16(21(23)27)12-18(19)25(28)29/h4-8,11-12H,2-3,9-10,13-14H2,1H3,(H2,23,27)(H,24,26). The van der Waals surface area contributed by atoms with Gasteiger partial charge in [0.15, 0.2) is 0 Å². The molecule has 0 bridgehead atoms. The number of hydrogen-bond donors (Lipinski definition) is 2. The van der Waals surface area contributed by atoms with Crippen molar-refractivity contribution < 1.29 is 14.5 Å². The molecule has 0 radical (unpaired) electrons. The number of aryl methyl sites for hydroxylation is 1. The smallest absolute Gasteiger partial charge is 0.283 e. The summed E-state index contributed by atoms with van der Waals surface area (Å²) in [7, 11) is 0. The summed E-state index contributed by atoms with van der Waals surface area (Å²) in [5.41, 5.74) is 7.43. The molecular weight excluding hydrogens is 402 g/mol. The molecule has 2 aromatic rings. The van der Waals surface area contributed by atoms with Crippen LogP contribution in [0.5, 0.6) is 0 Å². The highest BCUT2D eigenvalue weighted by atomic mass is 32.2. The zero-order valence-electron chi connectivity index (χ0n) is 16.8. The second-order valence-electron chi connectivity index (χ2n) is 7.73. The second-order valence-corrected chi connectivity index (χ2v) is 8.74. The first-order valence-electron chi connectivity index (χ1n) is 9.86. The molecule has 2 aromatic carbocycles. The van der Waals surface area contributed by atoms with Crippen molar-refractivity contribution in [2.75, 3.05) is 12.3 Å². The van der Waals surface area contributed by atoms with Crippen LogP contribution in [0.3, 0.4) is 0 Å². The normalized spacial score (nSPS) is 15.0. The SMILES string of the molecule is Cc1cccc(C2(CNC(=O)CSc3ccc(C(N)=O)cc3[N+](=O)[O-])CCCC2)c1. The Hall–Kier alpha value is -2.87. The number of amides is 2. The summed E-state index contributed by atoms with van der Waals surface area (Å²) in [6.07, 6.45) is 4.34. The topological polar surface area (TPSA) is 115 Å². The molecule has 3 rings (SSSR count). The van der Waals surface area contributed by atoms with Crippen LogP contribution < -0.4 is 11.1 Å². The summed E-state index contributed by atoms with van der Waals surface area (Å²) >= 11 is 1.08. The Morgan fingerprint density at radius 1 is 1.20 bits per heavy atom. The number of nitrogens with zero attached hydrogens (tertiary/aromatic N) is 1. The minimum atomic E-state index is -0.731. The first-order chi connectivity index (χ1) is 14.3. The molecule has 1 aliphatic carbocycles. The summed E-state index contributed by atoms with van der Waals surface area (Å²) in [6.45, 7) is 2.62. The van der Waals surface area contributed by atoms with Gasteiger partial charge in [0.2, 0.25) is 11.8 Å². The largest absolute Gasteiger partial charge is 0.366 e. The molecule has 7 nitrogen and oxygen atoms in total. The van der Waals surface area contributed by atoms with Crippen LogP contribution in [-0.2, 0) is 10.2 Å². The molecule has 0 aromatic heterocycles. The highest BCUT2D eigenvalue weighted by Gasteiger charge is 2.36. The number of nitro benzene ring substituents is 1. The molecule has 0 aliphatic heterocycles. The molecule has 0 atom stereocenters. The van der Waals surface area contributed by atoms with E-state index in [2.05, 4.69) is 36.5 Å². The lowest BCUT2D eigenvalue weighted by molar-refractivity contribution is -0.387. The Bertz CT molecular complexity index is 971. The van der Waals surface area contributed by atoms with Crippen molar-refractivity contribution in [1.82, 2.24) is 5.32 Å². The van der Waals surface area contributed by atoms with Gasteiger partial charge in [0.25, 0.3) is 5.69 Å². The summed E-state index contributed by atoms with van der Waals surface area (Å²) in [6, 6.07) is 12.5. The van der Waals surface area contributed by atoms with E-state index in [0.29, 0.717) is 11.4 Å². The fraction of sp³-hybridized carbons (Fsp3) is 0.364. The quantitative estimate of drug-likeness (QED) is 0.378. The summed E-state index contributed by atoms with van der Waals surface area (Å²) in [5, 5.41) is 14.3. The van der Waals surface area contributed by atoms with Crippen molar-refractivity contribution in [3.63, 3.8) is 0 Å². The minimum absolute atomic E-state index is 0.0541. The van der Waals surface area contributed by atoms with Gasteiger partial charge in [-0.05, 0) is 37.5 Å². The third-order valence-corrected chi connectivity index (χ3v) is 6.68. The van der Waals surface area contributed by atoms with E-state index in [1.165, 1.54) is 23.3 Å². The van der Waals surface area contributed by atoms with Gasteiger partial charge in [-0.3, -0.25) is 19.7 Å². The monoisotopic (exact) mass is 427 g/mol. The van der Waals surface area contributed by atoms with Gasteiger partial charge in [-0.2, -0.15) is 0 Å². The predicted molar refractivity (Wildman–Crippen MR) is 117 cm³/mol. The highest BCUT2D eigenvalue weighted by Crippen LogP contribution is 2.41. The third kappa shape index (κ3) is 4.99. The Kier molecular flexibility index (Phi) is 6.77. The van der Waals surface area contributed by atoms with Gasteiger partial charge < -0.3 is 11.1 Å². The number of benzene rings is 2. The van der Waals surface area contributed by atoms with Crippen molar-refractivity contribution in [3.8, 4) is 0 Å². The van der Waals surface area contributed by atoms with Crippen LogP contribution in [0.1, 0.15) is 47.2 Å². The number of rotatable bonds is 8. The lowest BCUT2D eigenvalue weighted by Crippen LogP contribution is -2.39. The number of nitro groups is 1. The molecule has 0 spiro atoms. The van der Waals surface area contributed by atoms with Gasteiger partial charge in [-0.15, -0.1) is 11.8 Å². The summed E-state index contributed by atoms with van der Waals surface area (Å²) in [4.78, 5) is 34.8. The average molecular weight is 428 g/mol. The van der Waals surface area contributed by atoms with Crippen molar-refractivity contribution in [3.05, 3.63) is 69.3 Å². The Morgan fingerprint density at radius 3 is 2.57 bits per heavy atom. The Morgan fingerprint density at radius 2 is 1.93 bits per heavy atom. The van der Waals surface area contributed by atoms with Crippen LogP contribution in [0.2, 0.25) is 0 Å². The first-order valence-corrected chi connectivity index (χ1v) is 10.8. The van der Waals surface area contributed by atoms with Crippen LogP contribution in [-0.4, -0.2) is 29.0 Å². The lowest BCUT2D eigenvalue weighted by Gasteiger charge is -2.30. The molecule has 1 saturated carbocycles. The molecule has 2 amide bonds. The highest BCUT2D eigenvalue weighted by molar-refractivity contribution is 8.00. The maximum Gasteiger partial charge on any atom is 0.283 e. The average Bonchev–Trinajstić information content (AvgIpc) is 3.20. The Labute approximate surface area is 179 Å². The van der Waals surface area contributed by atoms with Gasteiger partial charge >= 0.3 is 0 Å². The predicted octanol–water partition coefficient (Wildman–Crippen LogP) is 3.72. The fourth-order valence-electron chi connectivity index (χ4n) is 3.99. The van der Waals surface area contributed by atoms with Crippen molar-refractivity contribution in [2.24, 2.45) is 5.73 Å². The Balaban J connectivity index is 1.65. The van der Waals surface area contributed by atoms with Gasteiger partial charge in [-0.1, -0.05) is 42.7 Å². The van der Waals surface area contributed by atoms with E-state index in [4.69, 9.17) is 5.73 Å². The van der Waals surface area contributed by atoms with Crippen LogP contribution >= 0.6 is 11.8 Å². The van der Waals surface area contributed by atoms with Gasteiger partial charge in [0.05, 0.1) is 15.6 Å². The maximum absolute atomic E-state index is 12.5. The molecule has 0 heterocycles. The molecule has 1 fully saturated rings. The lowest BCUT2D eigenvalue weighted by atomic mass is 9.78. The summed E-state index contributed by atoms with van der Waals surface area (Å²) in [5.74, 6) is -0.849. The van der Waals surface area contributed by atoms with Crippen molar-refractivity contribution in [2.45, 2.75) is 42.9 Å². The van der Waals surface area contributed by atoms with Crippen LogP contribution in [0, 0.1) is 17.0 Å². The molecule has 30 heavy (non-hydrogen) atoms. The second kappa shape index (κ2) is 9.30. The van der Waals surface area contributed by atoms with E-state index in [-0.39, 0.29) is 28.3 Å². The van der Waals surface area contributed by atoms with Crippen LogP contribution in [0.15, 0.2) is 47.4 Å². The van der Waals surface area contributed by atoms with E-state index in [9.17, 15) is 19.7 Å². The molecular formula is C22H25N3O4S. The molecule has 158 valence electrons. The fourth-order valence-corrected chi connectivity index (χ4v) is 4.83. The third-order valence-electron chi connectivity index (χ3n) is 5.61. The zero-order valence-corrected chi connectivity index (χ0v) is 17.7. The number of nitrogens with two attached hydrogens (primary N) is 1. The van der Waals surface area contributed by atoms with Gasteiger partial charge in [0.1, 0.15) is 0 Å². The summed E-state index contributed by atoms with van der Waals surface area (Å²) < 4.78 is 0. The number of hydrogen-bond acceptors (Lipinski definition) is 5. The van der Waals surface area contributed by atoms with Crippen LogP contribution in [0.4, 0.5) is 5.69 Å². The van der Waals surface area contributed by atoms with E-state index in [1.54, 1.807) is 0 Å². The van der Waals surface area contributed by atoms with E-state index in [1.807, 2.05) is 0 Å². The molecule has 0 saturated heterocycles. The molecule has 8 heteroatoms. The van der Waals surface area contributed by atoms with Gasteiger partial charge in [-0.25, -0.2) is 0 Å². The van der Waals surface area contributed by atoms with Gasteiger partial charge in [0, 0.05) is 23.6 Å². The maximum atomic E-state index is 12.5. The van der Waals surface area contributed by atoms with Crippen LogP contribution in [0.25, 0.3) is 0 Å². The number of thioether (sulfide) groups is 1. The van der Waals surface area contributed by atoms with Crippen molar-refractivity contribution in [1.29, 1.82) is 0 Å². The van der Waals surface area contributed by atoms with E-state index in [0.717, 1.165) is 43.5 Å².